The lowest BCUT2D eigenvalue weighted by molar-refractivity contribution is 0.178. The van der Waals surface area contributed by atoms with Gasteiger partial charge in [-0.05, 0) is 61.6 Å². The van der Waals surface area contributed by atoms with Crippen molar-refractivity contribution in [2.75, 3.05) is 18.4 Å². The van der Waals surface area contributed by atoms with E-state index in [0.29, 0.717) is 29.3 Å². The maximum absolute atomic E-state index is 13.1. The summed E-state index contributed by atoms with van der Waals surface area (Å²) in [6, 6.07) is 9.74. The lowest BCUT2D eigenvalue weighted by Crippen LogP contribution is -2.23. The summed E-state index contributed by atoms with van der Waals surface area (Å²) >= 11 is 6.20. The van der Waals surface area contributed by atoms with Crippen molar-refractivity contribution >= 4 is 33.0 Å². The fourth-order valence-corrected chi connectivity index (χ4v) is 5.71. The molecular formula is C26H25ClN4O5S. The summed E-state index contributed by atoms with van der Waals surface area (Å²) in [6.07, 6.45) is 8.02. The van der Waals surface area contributed by atoms with Gasteiger partial charge in [0.2, 0.25) is 11.6 Å². The molecule has 0 atom stereocenters. The summed E-state index contributed by atoms with van der Waals surface area (Å²) in [5.74, 6) is 0.758. The van der Waals surface area contributed by atoms with Crippen molar-refractivity contribution < 1.29 is 17.9 Å². The van der Waals surface area contributed by atoms with Crippen LogP contribution in [0.2, 0.25) is 5.02 Å². The van der Waals surface area contributed by atoms with E-state index >= 15 is 0 Å². The van der Waals surface area contributed by atoms with Crippen LogP contribution in [0.15, 0.2) is 64.7 Å². The number of aryl methyl sites for hydroxylation is 1. The number of sulfonamides is 1. The van der Waals surface area contributed by atoms with Crippen LogP contribution in [-0.2, 0) is 10.0 Å². The van der Waals surface area contributed by atoms with Crippen LogP contribution >= 0.6 is 11.6 Å². The highest BCUT2D eigenvalue weighted by molar-refractivity contribution is 7.92. The normalized spacial score (nSPS) is 13.8. The number of nitrogens with zero attached hydrogens (tertiary/aromatic N) is 3. The molecule has 0 spiro atoms. The summed E-state index contributed by atoms with van der Waals surface area (Å²) in [6.45, 7) is 2.32. The lowest BCUT2D eigenvalue weighted by atomic mass is 9.86. The second-order valence-corrected chi connectivity index (χ2v) is 11.1. The Labute approximate surface area is 219 Å². The molecule has 11 heteroatoms. The number of halogens is 1. The molecule has 1 aromatic carbocycles. The van der Waals surface area contributed by atoms with Crippen LogP contribution in [0.5, 0.6) is 11.6 Å². The van der Waals surface area contributed by atoms with Crippen LogP contribution in [0, 0.1) is 12.8 Å². The Bertz CT molecular complexity index is 1650. The number of pyridine rings is 2. The van der Waals surface area contributed by atoms with Gasteiger partial charge >= 0.3 is 0 Å². The fraction of sp³-hybridized carbons (Fsp3) is 0.269. The maximum atomic E-state index is 13.1. The van der Waals surface area contributed by atoms with Gasteiger partial charge in [0, 0.05) is 23.5 Å². The molecule has 9 nitrogen and oxygen atoms in total. The van der Waals surface area contributed by atoms with E-state index in [1.165, 1.54) is 36.4 Å². The number of benzene rings is 1. The topological polar surface area (TPSA) is 112 Å². The first kappa shape index (κ1) is 25.0. The van der Waals surface area contributed by atoms with Crippen molar-refractivity contribution in [3.8, 4) is 22.8 Å². The molecule has 1 aliphatic rings. The Hall–Kier alpha value is -3.63. The Kier molecular flexibility index (Phi) is 6.78. The number of anilines is 1. The van der Waals surface area contributed by atoms with Gasteiger partial charge in [-0.15, -0.1) is 0 Å². The maximum Gasteiger partial charge on any atom is 0.300 e. The monoisotopic (exact) mass is 540 g/mol. The van der Waals surface area contributed by atoms with Crippen LogP contribution in [0.1, 0.15) is 24.8 Å². The minimum absolute atomic E-state index is 0.0648. The van der Waals surface area contributed by atoms with Gasteiger partial charge in [-0.25, -0.2) is 18.4 Å². The number of fused-ring (bicyclic) bond motifs is 1. The molecule has 0 saturated heterocycles. The van der Waals surface area contributed by atoms with E-state index in [0.717, 1.165) is 18.4 Å². The lowest BCUT2D eigenvalue weighted by Gasteiger charge is -2.24. The molecule has 3 heterocycles. The van der Waals surface area contributed by atoms with Crippen molar-refractivity contribution in [2.24, 2.45) is 5.92 Å². The van der Waals surface area contributed by atoms with E-state index in [4.69, 9.17) is 21.1 Å². The zero-order chi connectivity index (χ0) is 26.2. The molecule has 4 aromatic rings. The van der Waals surface area contributed by atoms with E-state index in [9.17, 15) is 13.2 Å². The highest BCUT2D eigenvalue weighted by Crippen LogP contribution is 2.32. The molecule has 1 aliphatic carbocycles. The smallest absolute Gasteiger partial charge is 0.300 e. The zero-order valence-electron chi connectivity index (χ0n) is 20.3. The van der Waals surface area contributed by atoms with Crippen molar-refractivity contribution in [1.29, 1.82) is 0 Å². The first-order valence-corrected chi connectivity index (χ1v) is 13.6. The summed E-state index contributed by atoms with van der Waals surface area (Å²) in [7, 11) is -2.64. The van der Waals surface area contributed by atoms with Gasteiger partial charge in [-0.3, -0.25) is 13.9 Å². The van der Waals surface area contributed by atoms with Crippen LogP contribution < -0.4 is 19.8 Å². The summed E-state index contributed by atoms with van der Waals surface area (Å²) in [5, 5.41) is 0.104. The van der Waals surface area contributed by atoms with Crippen LogP contribution in [0.4, 0.5) is 5.69 Å². The van der Waals surface area contributed by atoms with Crippen molar-refractivity contribution in [1.82, 2.24) is 14.4 Å². The average molecular weight is 541 g/mol. The van der Waals surface area contributed by atoms with E-state index in [-0.39, 0.29) is 32.8 Å². The molecule has 37 heavy (non-hydrogen) atoms. The van der Waals surface area contributed by atoms with Gasteiger partial charge in [-0.2, -0.15) is 0 Å². The minimum Gasteiger partial charge on any atom is -0.486 e. The molecular weight excluding hydrogens is 516 g/mol. The Morgan fingerprint density at radius 2 is 1.92 bits per heavy atom. The number of hydrogen-bond acceptors (Lipinski definition) is 7. The van der Waals surface area contributed by atoms with Gasteiger partial charge in [0.1, 0.15) is 16.2 Å². The standard InChI is InChI=1S/C26H25ClN4O5S/c1-16-6-8-23(20(27)10-16)37(33,34)30-21-11-19(12-29-25(21)35-2)18-7-9-24-28-13-22(26(32)31(24)14-18)36-15-17-4-3-5-17/h6-14,17,30H,3-5,15H2,1-2H3. The summed E-state index contributed by atoms with van der Waals surface area (Å²) in [5.41, 5.74) is 2.28. The molecule has 0 amide bonds. The van der Waals surface area contributed by atoms with Crippen molar-refractivity contribution in [3.63, 3.8) is 0 Å². The quantitative estimate of drug-likeness (QED) is 0.344. The van der Waals surface area contributed by atoms with E-state index < -0.39 is 10.0 Å². The van der Waals surface area contributed by atoms with E-state index in [1.807, 2.05) is 6.92 Å². The number of methoxy groups -OCH3 is 1. The third-order valence-electron chi connectivity index (χ3n) is 6.37. The molecule has 3 aromatic heterocycles. The molecule has 0 radical (unpaired) electrons. The van der Waals surface area contributed by atoms with Crippen LogP contribution in [-0.4, -0.2) is 36.5 Å². The highest BCUT2D eigenvalue weighted by atomic mass is 35.5. The third-order valence-corrected chi connectivity index (χ3v) is 8.22. The van der Waals surface area contributed by atoms with Crippen molar-refractivity contribution in [2.45, 2.75) is 31.1 Å². The number of aromatic nitrogens is 3. The van der Waals surface area contributed by atoms with E-state index in [1.54, 1.807) is 36.5 Å². The second kappa shape index (κ2) is 10.0. The Morgan fingerprint density at radius 3 is 2.62 bits per heavy atom. The van der Waals surface area contributed by atoms with Crippen LogP contribution in [0.3, 0.4) is 0 Å². The molecule has 192 valence electrons. The van der Waals surface area contributed by atoms with Crippen molar-refractivity contribution in [3.05, 3.63) is 75.9 Å². The molecule has 0 aliphatic heterocycles. The molecule has 1 saturated carbocycles. The van der Waals surface area contributed by atoms with Gasteiger partial charge in [0.25, 0.3) is 15.6 Å². The second-order valence-electron chi connectivity index (χ2n) is 9.00. The van der Waals surface area contributed by atoms with Crippen LogP contribution in [0.25, 0.3) is 16.8 Å². The van der Waals surface area contributed by atoms with E-state index in [2.05, 4.69) is 14.7 Å². The predicted octanol–water partition coefficient (Wildman–Crippen LogP) is 4.71. The first-order valence-electron chi connectivity index (χ1n) is 11.7. The predicted molar refractivity (Wildman–Crippen MR) is 141 cm³/mol. The van der Waals surface area contributed by atoms with Gasteiger partial charge in [0.15, 0.2) is 0 Å². The first-order chi connectivity index (χ1) is 17.7. The molecule has 0 unspecified atom stereocenters. The number of ether oxygens (including phenoxy) is 2. The Morgan fingerprint density at radius 1 is 1.11 bits per heavy atom. The molecule has 0 bridgehead atoms. The molecule has 5 rings (SSSR count). The third kappa shape index (κ3) is 5.12. The largest absolute Gasteiger partial charge is 0.486 e. The SMILES string of the molecule is COc1ncc(-c2ccc3ncc(OCC4CCC4)c(=O)n3c2)cc1NS(=O)(=O)c1ccc(C)cc1Cl. The number of rotatable bonds is 8. The molecule has 1 fully saturated rings. The minimum atomic E-state index is -4.03. The average Bonchev–Trinajstić information content (AvgIpc) is 2.84. The molecule has 1 N–H and O–H groups in total. The number of nitrogens with one attached hydrogen (secondary N) is 1. The highest BCUT2D eigenvalue weighted by Gasteiger charge is 2.22. The van der Waals surface area contributed by atoms with Gasteiger partial charge in [0.05, 0.1) is 24.9 Å². The zero-order valence-corrected chi connectivity index (χ0v) is 21.8. The van der Waals surface area contributed by atoms with Gasteiger partial charge < -0.3 is 9.47 Å². The summed E-state index contributed by atoms with van der Waals surface area (Å²) in [4.78, 5) is 21.6. The van der Waals surface area contributed by atoms with Gasteiger partial charge in [-0.1, -0.05) is 24.1 Å². The Balaban J connectivity index is 1.49. The number of hydrogen-bond donors (Lipinski definition) is 1. The summed E-state index contributed by atoms with van der Waals surface area (Å²) < 4.78 is 41.1. The fourth-order valence-electron chi connectivity index (χ4n) is 4.07.